The molecule has 10 heteroatoms. The van der Waals surface area contributed by atoms with Gasteiger partial charge in [0.2, 0.25) is 5.88 Å². The molecular weight excluding hydrogens is 399 g/mol. The van der Waals surface area contributed by atoms with Crippen LogP contribution in [0.25, 0.3) is 11.3 Å². The van der Waals surface area contributed by atoms with Crippen molar-refractivity contribution in [2.75, 3.05) is 12.4 Å². The minimum atomic E-state index is -0.620. The Hall–Kier alpha value is -4.34. The molecule has 3 rings (SSSR count). The van der Waals surface area contributed by atoms with Gasteiger partial charge in [0.25, 0.3) is 0 Å². The highest BCUT2D eigenvalue weighted by Crippen LogP contribution is 2.25. The number of halogens is 1. The number of amidine groups is 2. The molecule has 0 radical (unpaired) electrons. The lowest BCUT2D eigenvalue weighted by atomic mass is 10.1. The summed E-state index contributed by atoms with van der Waals surface area (Å²) < 4.78 is 19.0. The number of nitrogens with zero attached hydrogens (tertiary/aromatic N) is 5. The van der Waals surface area contributed by atoms with Gasteiger partial charge in [0, 0.05) is 24.0 Å². The zero-order valence-electron chi connectivity index (χ0n) is 17.0. The standard InChI is InChI=1S/C21H21FN8O/c1-12(23)27-13(2)28-19(24)16-4-5-18(14-6-8-25-9-7-14)30-20(16)29-15-10-17(22)21(31-3)26-11-15/h4-11H,1,23H2,2-3H3,(H,29,30)(H2,24,27,28). The molecular formula is C21H21FN8O. The second-order valence-electron chi connectivity index (χ2n) is 6.32. The summed E-state index contributed by atoms with van der Waals surface area (Å²) in [4.78, 5) is 20.8. The van der Waals surface area contributed by atoms with Crippen LogP contribution in [-0.4, -0.2) is 33.7 Å². The lowest BCUT2D eigenvalue weighted by Crippen LogP contribution is -2.18. The minimum absolute atomic E-state index is 0.110. The quantitative estimate of drug-likeness (QED) is 0.412. The Morgan fingerprint density at radius 2 is 1.90 bits per heavy atom. The molecule has 0 aromatic carbocycles. The molecule has 0 saturated heterocycles. The average Bonchev–Trinajstić information content (AvgIpc) is 2.74. The molecule has 0 spiro atoms. The highest BCUT2D eigenvalue weighted by Gasteiger charge is 2.13. The van der Waals surface area contributed by atoms with E-state index >= 15 is 0 Å². The first-order valence-corrected chi connectivity index (χ1v) is 9.09. The third-order valence-electron chi connectivity index (χ3n) is 4.00. The van der Waals surface area contributed by atoms with E-state index in [4.69, 9.17) is 16.2 Å². The van der Waals surface area contributed by atoms with Crippen molar-refractivity contribution in [2.45, 2.75) is 6.92 Å². The molecule has 0 bridgehead atoms. The molecule has 3 aromatic rings. The maximum absolute atomic E-state index is 14.1. The van der Waals surface area contributed by atoms with E-state index in [1.54, 1.807) is 31.5 Å². The van der Waals surface area contributed by atoms with Crippen molar-refractivity contribution in [1.82, 2.24) is 15.0 Å². The van der Waals surface area contributed by atoms with Crippen LogP contribution in [0, 0.1) is 5.82 Å². The molecule has 158 valence electrons. The van der Waals surface area contributed by atoms with Gasteiger partial charge < -0.3 is 21.5 Å². The van der Waals surface area contributed by atoms with Crippen molar-refractivity contribution in [3.05, 3.63) is 72.7 Å². The van der Waals surface area contributed by atoms with Gasteiger partial charge in [-0.1, -0.05) is 6.58 Å². The second-order valence-corrected chi connectivity index (χ2v) is 6.32. The van der Waals surface area contributed by atoms with Crippen LogP contribution in [0.3, 0.4) is 0 Å². The fourth-order valence-corrected chi connectivity index (χ4v) is 2.69. The molecule has 0 aliphatic carbocycles. The van der Waals surface area contributed by atoms with Crippen LogP contribution in [0.1, 0.15) is 12.5 Å². The molecule has 0 atom stereocenters. The number of anilines is 2. The van der Waals surface area contributed by atoms with Crippen molar-refractivity contribution in [2.24, 2.45) is 21.5 Å². The SMILES string of the molecule is C=C(N)/N=C(C)\N=C(/N)c1ccc(-c2ccncc2)nc1Nc1cnc(OC)c(F)c1. The van der Waals surface area contributed by atoms with Crippen molar-refractivity contribution in [3.8, 4) is 17.1 Å². The van der Waals surface area contributed by atoms with Gasteiger partial charge in [-0.2, -0.15) is 0 Å². The van der Waals surface area contributed by atoms with Gasteiger partial charge in [-0.25, -0.2) is 24.3 Å². The van der Waals surface area contributed by atoms with Crippen LogP contribution in [-0.2, 0) is 0 Å². The van der Waals surface area contributed by atoms with Gasteiger partial charge in [0.05, 0.1) is 30.3 Å². The average molecular weight is 420 g/mol. The van der Waals surface area contributed by atoms with E-state index in [2.05, 4.69) is 36.8 Å². The molecule has 0 saturated carbocycles. The Bertz CT molecular complexity index is 1160. The van der Waals surface area contributed by atoms with E-state index in [1.165, 1.54) is 19.4 Å². The smallest absolute Gasteiger partial charge is 0.250 e. The molecule has 0 aliphatic rings. The molecule has 0 unspecified atom stereocenters. The number of nitrogens with two attached hydrogens (primary N) is 2. The maximum Gasteiger partial charge on any atom is 0.250 e. The van der Waals surface area contributed by atoms with E-state index in [0.717, 1.165) is 5.56 Å². The number of pyridine rings is 3. The predicted octanol–water partition coefficient (Wildman–Crippen LogP) is 2.98. The van der Waals surface area contributed by atoms with E-state index in [9.17, 15) is 4.39 Å². The summed E-state index contributed by atoms with van der Waals surface area (Å²) >= 11 is 0. The summed E-state index contributed by atoms with van der Waals surface area (Å²) in [7, 11) is 1.34. The van der Waals surface area contributed by atoms with Gasteiger partial charge in [-0.05, 0) is 31.2 Å². The Morgan fingerprint density at radius 1 is 1.16 bits per heavy atom. The number of rotatable bonds is 6. The molecule has 3 aromatic heterocycles. The van der Waals surface area contributed by atoms with Crippen LogP contribution in [0.4, 0.5) is 15.9 Å². The summed E-state index contributed by atoms with van der Waals surface area (Å²) in [6, 6.07) is 8.43. The van der Waals surface area contributed by atoms with Gasteiger partial charge in [-0.15, -0.1) is 0 Å². The lowest BCUT2D eigenvalue weighted by Gasteiger charge is -2.13. The zero-order chi connectivity index (χ0) is 22.4. The summed E-state index contributed by atoms with van der Waals surface area (Å²) in [6.07, 6.45) is 4.75. The topological polar surface area (TPSA) is 137 Å². The van der Waals surface area contributed by atoms with Gasteiger partial charge in [-0.3, -0.25) is 4.98 Å². The van der Waals surface area contributed by atoms with Gasteiger partial charge in [0.1, 0.15) is 23.3 Å². The molecule has 9 nitrogen and oxygen atoms in total. The van der Waals surface area contributed by atoms with E-state index in [-0.39, 0.29) is 17.5 Å². The van der Waals surface area contributed by atoms with Crippen LogP contribution in [0.2, 0.25) is 0 Å². The third-order valence-corrected chi connectivity index (χ3v) is 4.00. The van der Waals surface area contributed by atoms with Gasteiger partial charge >= 0.3 is 0 Å². The summed E-state index contributed by atoms with van der Waals surface area (Å²) in [5, 5.41) is 3.04. The number of ether oxygens (including phenoxy) is 1. The van der Waals surface area contributed by atoms with E-state index in [0.29, 0.717) is 28.6 Å². The molecule has 0 aliphatic heterocycles. The molecule has 0 fully saturated rings. The summed E-state index contributed by atoms with van der Waals surface area (Å²) in [5.74, 6) is 0.191. The van der Waals surface area contributed by atoms with Gasteiger partial charge in [0.15, 0.2) is 5.82 Å². The third kappa shape index (κ3) is 5.38. The van der Waals surface area contributed by atoms with Crippen molar-refractivity contribution < 1.29 is 9.13 Å². The zero-order valence-corrected chi connectivity index (χ0v) is 17.0. The Balaban J connectivity index is 2.07. The highest BCUT2D eigenvalue weighted by atomic mass is 19.1. The maximum atomic E-state index is 14.1. The monoisotopic (exact) mass is 420 g/mol. The number of hydrogen-bond acceptors (Lipinski definition) is 7. The molecule has 0 amide bonds. The fraction of sp³-hybridized carbons (Fsp3) is 0.0952. The Morgan fingerprint density at radius 3 is 2.55 bits per heavy atom. The normalized spacial score (nSPS) is 11.8. The highest BCUT2D eigenvalue weighted by molar-refractivity contribution is 6.08. The predicted molar refractivity (Wildman–Crippen MR) is 119 cm³/mol. The first-order chi connectivity index (χ1) is 14.9. The fourth-order valence-electron chi connectivity index (χ4n) is 2.69. The number of aromatic nitrogens is 3. The Kier molecular flexibility index (Phi) is 6.51. The first-order valence-electron chi connectivity index (χ1n) is 9.09. The molecule has 31 heavy (non-hydrogen) atoms. The van der Waals surface area contributed by atoms with E-state index < -0.39 is 5.82 Å². The van der Waals surface area contributed by atoms with Crippen LogP contribution in [0.5, 0.6) is 5.88 Å². The van der Waals surface area contributed by atoms with Crippen molar-refractivity contribution >= 4 is 23.2 Å². The van der Waals surface area contributed by atoms with Crippen LogP contribution < -0.4 is 21.5 Å². The largest absolute Gasteiger partial charge is 0.479 e. The summed E-state index contributed by atoms with van der Waals surface area (Å²) in [5.41, 5.74) is 14.0. The minimum Gasteiger partial charge on any atom is -0.479 e. The van der Waals surface area contributed by atoms with Crippen LogP contribution >= 0.6 is 0 Å². The van der Waals surface area contributed by atoms with E-state index in [1.807, 2.05) is 12.1 Å². The number of methoxy groups -OCH3 is 1. The number of aliphatic imine (C=N–C) groups is 2. The second kappa shape index (κ2) is 9.44. The lowest BCUT2D eigenvalue weighted by molar-refractivity contribution is 0.369. The van der Waals surface area contributed by atoms with Crippen molar-refractivity contribution in [1.29, 1.82) is 0 Å². The number of hydrogen-bond donors (Lipinski definition) is 3. The molecule has 3 heterocycles. The van der Waals surface area contributed by atoms with Crippen molar-refractivity contribution in [3.63, 3.8) is 0 Å². The first kappa shape index (κ1) is 21.4. The van der Waals surface area contributed by atoms with Crippen LogP contribution in [0.15, 0.2) is 71.3 Å². The molecule has 5 N–H and O–H groups in total. The number of nitrogens with one attached hydrogen (secondary N) is 1. The Labute approximate surface area is 178 Å². The summed E-state index contributed by atoms with van der Waals surface area (Å²) in [6.45, 7) is 5.15.